The first-order chi connectivity index (χ1) is 8.72. The van der Waals surface area contributed by atoms with Crippen LogP contribution >= 0.6 is 0 Å². The molecule has 3 nitrogen and oxygen atoms in total. The molecular formula is C15H23N3. The molecule has 0 saturated heterocycles. The zero-order valence-electron chi connectivity index (χ0n) is 11.4. The van der Waals surface area contributed by atoms with Crippen LogP contribution in [0.3, 0.4) is 0 Å². The van der Waals surface area contributed by atoms with Gasteiger partial charge < -0.3 is 10.2 Å². The third-order valence-electron chi connectivity index (χ3n) is 3.87. The number of anilines is 1. The largest absolute Gasteiger partial charge is 0.359 e. The van der Waals surface area contributed by atoms with Crippen LogP contribution in [0.25, 0.3) is 0 Å². The van der Waals surface area contributed by atoms with Gasteiger partial charge in [-0.1, -0.05) is 0 Å². The molecule has 98 valence electrons. The molecule has 0 bridgehead atoms. The van der Waals surface area contributed by atoms with Gasteiger partial charge in [-0.25, -0.2) is 4.98 Å². The molecule has 2 aliphatic rings. The van der Waals surface area contributed by atoms with Crippen LogP contribution in [0.15, 0.2) is 12.3 Å². The summed E-state index contributed by atoms with van der Waals surface area (Å²) in [5.41, 5.74) is 2.61. The lowest BCUT2D eigenvalue weighted by molar-refractivity contribution is 0.684. The molecule has 0 amide bonds. The van der Waals surface area contributed by atoms with Gasteiger partial charge in [-0.2, -0.15) is 0 Å². The average molecular weight is 245 g/mol. The Kier molecular flexibility index (Phi) is 3.25. The third kappa shape index (κ3) is 3.02. The van der Waals surface area contributed by atoms with Crippen molar-refractivity contribution in [2.45, 2.75) is 45.2 Å². The molecule has 0 unspecified atom stereocenters. The molecule has 0 radical (unpaired) electrons. The van der Waals surface area contributed by atoms with Crippen LogP contribution in [-0.2, 0) is 6.54 Å². The fourth-order valence-corrected chi connectivity index (χ4v) is 2.45. The van der Waals surface area contributed by atoms with Crippen molar-refractivity contribution in [2.75, 3.05) is 18.5 Å². The van der Waals surface area contributed by atoms with Gasteiger partial charge in [0.2, 0.25) is 0 Å². The van der Waals surface area contributed by atoms with Crippen LogP contribution in [0.1, 0.15) is 36.8 Å². The van der Waals surface area contributed by atoms with Gasteiger partial charge in [-0.3, -0.25) is 0 Å². The van der Waals surface area contributed by atoms with Crippen LogP contribution in [0.2, 0.25) is 0 Å². The number of aryl methyl sites for hydroxylation is 1. The summed E-state index contributed by atoms with van der Waals surface area (Å²) in [4.78, 5) is 6.95. The summed E-state index contributed by atoms with van der Waals surface area (Å²) in [5, 5.41) is 3.54. The molecule has 2 saturated carbocycles. The van der Waals surface area contributed by atoms with E-state index in [4.69, 9.17) is 0 Å². The quantitative estimate of drug-likeness (QED) is 0.834. The van der Waals surface area contributed by atoms with E-state index in [1.165, 1.54) is 36.8 Å². The number of aromatic nitrogens is 1. The van der Waals surface area contributed by atoms with Gasteiger partial charge in [0.1, 0.15) is 5.82 Å². The second-order valence-corrected chi connectivity index (χ2v) is 5.96. The van der Waals surface area contributed by atoms with Crippen molar-refractivity contribution in [3.63, 3.8) is 0 Å². The highest BCUT2D eigenvalue weighted by Crippen LogP contribution is 2.31. The third-order valence-corrected chi connectivity index (χ3v) is 3.87. The molecule has 2 fully saturated rings. The molecular weight excluding hydrogens is 222 g/mol. The predicted octanol–water partition coefficient (Wildman–Crippen LogP) is 2.49. The van der Waals surface area contributed by atoms with Gasteiger partial charge >= 0.3 is 0 Å². The number of pyridine rings is 1. The molecule has 0 atom stereocenters. The normalized spacial score (nSPS) is 19.0. The molecule has 3 rings (SSSR count). The minimum atomic E-state index is 0.766. The molecule has 1 aromatic rings. The number of hydrogen-bond acceptors (Lipinski definition) is 3. The van der Waals surface area contributed by atoms with Crippen molar-refractivity contribution in [1.29, 1.82) is 0 Å². The van der Waals surface area contributed by atoms with E-state index >= 15 is 0 Å². The number of hydrogen-bond donors (Lipinski definition) is 1. The highest BCUT2D eigenvalue weighted by atomic mass is 15.2. The Hall–Kier alpha value is -1.09. The SMILES string of the molecule is Cc1cc(CNC2CC2)cnc1N(C)CC1CC1. The van der Waals surface area contributed by atoms with Crippen LogP contribution in [-0.4, -0.2) is 24.6 Å². The Morgan fingerprint density at radius 3 is 2.72 bits per heavy atom. The van der Waals surface area contributed by atoms with Crippen LogP contribution in [0.5, 0.6) is 0 Å². The van der Waals surface area contributed by atoms with Crippen molar-refractivity contribution in [2.24, 2.45) is 5.92 Å². The lowest BCUT2D eigenvalue weighted by atomic mass is 10.2. The van der Waals surface area contributed by atoms with Crippen molar-refractivity contribution < 1.29 is 0 Å². The molecule has 0 spiro atoms. The molecule has 3 heteroatoms. The highest BCUT2D eigenvalue weighted by Gasteiger charge is 2.24. The minimum absolute atomic E-state index is 0.766. The van der Waals surface area contributed by atoms with E-state index in [2.05, 4.69) is 35.2 Å². The highest BCUT2D eigenvalue weighted by molar-refractivity contribution is 5.46. The smallest absolute Gasteiger partial charge is 0.131 e. The van der Waals surface area contributed by atoms with E-state index in [9.17, 15) is 0 Å². The maximum Gasteiger partial charge on any atom is 0.131 e. The summed E-state index contributed by atoms with van der Waals surface area (Å²) < 4.78 is 0. The fourth-order valence-electron chi connectivity index (χ4n) is 2.45. The first-order valence-electron chi connectivity index (χ1n) is 7.12. The summed E-state index contributed by atoms with van der Waals surface area (Å²) >= 11 is 0. The van der Waals surface area contributed by atoms with E-state index in [0.717, 1.165) is 30.9 Å². The molecule has 2 aliphatic carbocycles. The van der Waals surface area contributed by atoms with Crippen LogP contribution < -0.4 is 10.2 Å². The van der Waals surface area contributed by atoms with E-state index in [-0.39, 0.29) is 0 Å². The van der Waals surface area contributed by atoms with E-state index in [1.54, 1.807) is 0 Å². The first kappa shape index (κ1) is 12.0. The van der Waals surface area contributed by atoms with Crippen LogP contribution in [0.4, 0.5) is 5.82 Å². The maximum atomic E-state index is 4.64. The Labute approximate surface area is 110 Å². The van der Waals surface area contributed by atoms with Crippen LogP contribution in [0, 0.1) is 12.8 Å². The summed E-state index contributed by atoms with van der Waals surface area (Å²) in [6.45, 7) is 4.30. The molecule has 1 N–H and O–H groups in total. The van der Waals surface area contributed by atoms with Gasteiger partial charge in [-0.05, 0) is 55.7 Å². The molecule has 1 heterocycles. The van der Waals surface area contributed by atoms with E-state index in [1.807, 2.05) is 6.20 Å². The summed E-state index contributed by atoms with van der Waals surface area (Å²) in [6, 6.07) is 3.05. The van der Waals surface area contributed by atoms with Crippen molar-refractivity contribution in [3.8, 4) is 0 Å². The second kappa shape index (κ2) is 4.88. The van der Waals surface area contributed by atoms with Gasteiger partial charge in [-0.15, -0.1) is 0 Å². The van der Waals surface area contributed by atoms with Gasteiger partial charge in [0.05, 0.1) is 0 Å². The Bertz CT molecular complexity index is 422. The molecule has 0 aromatic carbocycles. The summed E-state index contributed by atoms with van der Waals surface area (Å²) in [5.74, 6) is 2.06. The first-order valence-corrected chi connectivity index (χ1v) is 7.12. The summed E-state index contributed by atoms with van der Waals surface area (Å²) in [6.07, 6.45) is 7.50. The van der Waals surface area contributed by atoms with E-state index < -0.39 is 0 Å². The predicted molar refractivity (Wildman–Crippen MR) is 74.8 cm³/mol. The van der Waals surface area contributed by atoms with Crippen molar-refractivity contribution in [3.05, 3.63) is 23.4 Å². The van der Waals surface area contributed by atoms with Gasteiger partial charge in [0.25, 0.3) is 0 Å². The molecule has 1 aromatic heterocycles. The van der Waals surface area contributed by atoms with E-state index in [0.29, 0.717) is 0 Å². The number of nitrogens with zero attached hydrogens (tertiary/aromatic N) is 2. The number of rotatable bonds is 6. The zero-order valence-corrected chi connectivity index (χ0v) is 11.4. The van der Waals surface area contributed by atoms with Crippen molar-refractivity contribution in [1.82, 2.24) is 10.3 Å². The van der Waals surface area contributed by atoms with Gasteiger partial charge in [0.15, 0.2) is 0 Å². The Morgan fingerprint density at radius 2 is 2.11 bits per heavy atom. The number of nitrogens with one attached hydrogen (secondary N) is 1. The second-order valence-electron chi connectivity index (χ2n) is 5.96. The zero-order chi connectivity index (χ0) is 12.5. The molecule has 0 aliphatic heterocycles. The van der Waals surface area contributed by atoms with Gasteiger partial charge in [0, 0.05) is 32.4 Å². The maximum absolute atomic E-state index is 4.64. The standard InChI is InChI=1S/C15H23N3/c1-11-7-13(8-16-14-5-6-14)9-17-15(11)18(2)10-12-3-4-12/h7,9,12,14,16H,3-6,8,10H2,1-2H3. The fraction of sp³-hybridized carbons (Fsp3) is 0.667. The lowest BCUT2D eigenvalue weighted by Crippen LogP contribution is -2.22. The summed E-state index contributed by atoms with van der Waals surface area (Å²) in [7, 11) is 2.16. The average Bonchev–Trinajstić information content (AvgIpc) is 3.21. The molecule has 18 heavy (non-hydrogen) atoms. The minimum Gasteiger partial charge on any atom is -0.359 e. The Morgan fingerprint density at radius 1 is 1.33 bits per heavy atom. The topological polar surface area (TPSA) is 28.2 Å². The van der Waals surface area contributed by atoms with Crippen molar-refractivity contribution >= 4 is 5.82 Å². The monoisotopic (exact) mass is 245 g/mol. The Balaban J connectivity index is 1.62. The lowest BCUT2D eigenvalue weighted by Gasteiger charge is -2.20.